The molecule has 118 valence electrons. The summed E-state index contributed by atoms with van der Waals surface area (Å²) in [5.74, 6) is 1.68. The summed E-state index contributed by atoms with van der Waals surface area (Å²) in [7, 11) is 1.66. The third-order valence-electron chi connectivity index (χ3n) is 3.48. The molecule has 0 saturated carbocycles. The molecule has 3 rings (SSSR count). The zero-order chi connectivity index (χ0) is 16.1. The highest BCUT2D eigenvalue weighted by molar-refractivity contribution is 7.09. The summed E-state index contributed by atoms with van der Waals surface area (Å²) in [5.41, 5.74) is 2.15. The molecule has 1 heterocycles. The Morgan fingerprint density at radius 1 is 1.00 bits per heavy atom. The van der Waals surface area contributed by atoms with E-state index < -0.39 is 0 Å². The molecule has 2 aromatic carbocycles. The lowest BCUT2D eigenvalue weighted by Gasteiger charge is -2.07. The highest BCUT2D eigenvalue weighted by atomic mass is 32.1. The third-order valence-corrected chi connectivity index (χ3v) is 4.36. The lowest BCUT2D eigenvalue weighted by atomic mass is 10.1. The summed E-state index contributed by atoms with van der Waals surface area (Å²) in [4.78, 5) is 12.1. The Morgan fingerprint density at radius 3 is 2.30 bits per heavy atom. The summed E-state index contributed by atoms with van der Waals surface area (Å²) in [6.45, 7) is 0.614. The Labute approximate surface area is 138 Å². The standard InChI is InChI=1S/C18H17NO3S/c1-21-15-6-2-13(3-7-15)10-11-22-16-8-4-14(5-9-16)17-12-18(20)19-23-17/h2-9,12H,10-11H2,1H3,(H,19,20). The lowest BCUT2D eigenvalue weighted by Crippen LogP contribution is -2.01. The fraction of sp³-hybridized carbons (Fsp3) is 0.167. The summed E-state index contributed by atoms with van der Waals surface area (Å²) in [6.07, 6.45) is 0.838. The van der Waals surface area contributed by atoms with Gasteiger partial charge in [-0.1, -0.05) is 23.7 Å². The van der Waals surface area contributed by atoms with Crippen LogP contribution in [0.5, 0.6) is 11.5 Å². The average molecular weight is 327 g/mol. The van der Waals surface area contributed by atoms with Crippen LogP contribution >= 0.6 is 11.5 Å². The Morgan fingerprint density at radius 2 is 1.70 bits per heavy atom. The minimum atomic E-state index is -0.0650. The maximum Gasteiger partial charge on any atom is 0.258 e. The van der Waals surface area contributed by atoms with Crippen molar-refractivity contribution in [2.45, 2.75) is 6.42 Å². The summed E-state index contributed by atoms with van der Waals surface area (Å²) >= 11 is 1.34. The van der Waals surface area contributed by atoms with Crippen LogP contribution in [0.3, 0.4) is 0 Å². The number of methoxy groups -OCH3 is 1. The highest BCUT2D eigenvalue weighted by Gasteiger charge is 2.02. The molecule has 5 heteroatoms. The second kappa shape index (κ2) is 7.15. The normalized spacial score (nSPS) is 10.5. The van der Waals surface area contributed by atoms with E-state index in [1.54, 1.807) is 13.2 Å². The van der Waals surface area contributed by atoms with Crippen molar-refractivity contribution >= 4 is 11.5 Å². The van der Waals surface area contributed by atoms with E-state index in [0.29, 0.717) is 6.61 Å². The summed E-state index contributed by atoms with van der Waals surface area (Å²) in [5, 5.41) is 0. The van der Waals surface area contributed by atoms with Crippen LogP contribution in [0.2, 0.25) is 0 Å². The van der Waals surface area contributed by atoms with Gasteiger partial charge in [0.2, 0.25) is 0 Å². The quantitative estimate of drug-likeness (QED) is 0.750. The van der Waals surface area contributed by atoms with Crippen molar-refractivity contribution in [1.29, 1.82) is 0 Å². The molecule has 0 bridgehead atoms. The fourth-order valence-electron chi connectivity index (χ4n) is 2.22. The summed E-state index contributed by atoms with van der Waals surface area (Å²) in [6, 6.07) is 17.4. The molecule has 0 amide bonds. The van der Waals surface area contributed by atoms with Gasteiger partial charge < -0.3 is 9.47 Å². The monoisotopic (exact) mass is 327 g/mol. The Bertz CT molecular complexity index is 803. The molecule has 1 N–H and O–H groups in total. The van der Waals surface area contributed by atoms with Gasteiger partial charge in [-0.15, -0.1) is 0 Å². The number of rotatable bonds is 6. The molecule has 4 nitrogen and oxygen atoms in total. The Hall–Kier alpha value is -2.53. The topological polar surface area (TPSA) is 51.3 Å². The van der Waals surface area contributed by atoms with Crippen LogP contribution in [0, 0.1) is 0 Å². The van der Waals surface area contributed by atoms with Crippen molar-refractivity contribution in [3.8, 4) is 21.9 Å². The molecule has 0 saturated heterocycles. The third kappa shape index (κ3) is 4.02. The molecule has 23 heavy (non-hydrogen) atoms. The minimum absolute atomic E-state index is 0.0650. The maximum atomic E-state index is 11.2. The van der Waals surface area contributed by atoms with Crippen LogP contribution in [0.1, 0.15) is 5.56 Å². The van der Waals surface area contributed by atoms with Crippen LogP contribution < -0.4 is 15.0 Å². The zero-order valence-corrected chi connectivity index (χ0v) is 13.6. The van der Waals surface area contributed by atoms with Crippen LogP contribution in [-0.4, -0.2) is 18.1 Å². The second-order valence-corrected chi connectivity index (χ2v) is 5.90. The number of nitrogens with one attached hydrogen (secondary N) is 1. The number of hydrogen-bond acceptors (Lipinski definition) is 4. The van der Waals surface area contributed by atoms with E-state index in [-0.39, 0.29) is 5.56 Å². The number of benzene rings is 2. The predicted molar refractivity (Wildman–Crippen MR) is 92.6 cm³/mol. The molecule has 1 aromatic heterocycles. The van der Waals surface area contributed by atoms with Crippen molar-refractivity contribution in [1.82, 2.24) is 4.37 Å². The molecule has 3 aromatic rings. The van der Waals surface area contributed by atoms with Gasteiger partial charge in [0.15, 0.2) is 0 Å². The first-order valence-corrected chi connectivity index (χ1v) is 8.11. The van der Waals surface area contributed by atoms with Gasteiger partial charge in [0.05, 0.1) is 18.6 Å². The first-order valence-electron chi connectivity index (χ1n) is 7.29. The van der Waals surface area contributed by atoms with E-state index in [1.807, 2.05) is 48.5 Å². The molecule has 0 spiro atoms. The largest absolute Gasteiger partial charge is 0.497 e. The maximum absolute atomic E-state index is 11.2. The Kier molecular flexibility index (Phi) is 4.78. The van der Waals surface area contributed by atoms with E-state index in [2.05, 4.69) is 4.37 Å². The van der Waals surface area contributed by atoms with Crippen LogP contribution in [0.4, 0.5) is 0 Å². The van der Waals surface area contributed by atoms with Crippen molar-refractivity contribution in [2.24, 2.45) is 0 Å². The van der Waals surface area contributed by atoms with E-state index >= 15 is 0 Å². The molecule has 0 aliphatic rings. The number of aromatic amines is 1. The van der Waals surface area contributed by atoms with Crippen molar-refractivity contribution in [2.75, 3.05) is 13.7 Å². The number of aromatic nitrogens is 1. The second-order valence-electron chi connectivity index (χ2n) is 5.05. The van der Waals surface area contributed by atoms with Crippen LogP contribution in [0.25, 0.3) is 10.4 Å². The molecule has 0 radical (unpaired) electrons. The Balaban J connectivity index is 1.55. The molecule has 0 atom stereocenters. The van der Waals surface area contributed by atoms with Gasteiger partial charge in [0.1, 0.15) is 11.5 Å². The van der Waals surface area contributed by atoms with Gasteiger partial charge in [0, 0.05) is 12.5 Å². The lowest BCUT2D eigenvalue weighted by molar-refractivity contribution is 0.322. The van der Waals surface area contributed by atoms with Gasteiger partial charge in [0.25, 0.3) is 5.56 Å². The van der Waals surface area contributed by atoms with Crippen LogP contribution in [-0.2, 0) is 6.42 Å². The van der Waals surface area contributed by atoms with Gasteiger partial charge >= 0.3 is 0 Å². The molecule has 0 unspecified atom stereocenters. The molecular weight excluding hydrogens is 310 g/mol. The minimum Gasteiger partial charge on any atom is -0.497 e. The van der Waals surface area contributed by atoms with E-state index in [0.717, 1.165) is 28.4 Å². The average Bonchev–Trinajstić information content (AvgIpc) is 3.03. The zero-order valence-electron chi connectivity index (χ0n) is 12.7. The van der Waals surface area contributed by atoms with Crippen molar-refractivity contribution in [3.05, 3.63) is 70.5 Å². The number of H-pyrrole nitrogens is 1. The van der Waals surface area contributed by atoms with Crippen molar-refractivity contribution < 1.29 is 9.47 Å². The SMILES string of the molecule is COc1ccc(CCOc2ccc(-c3cc(=O)[nH]s3)cc2)cc1. The van der Waals surface area contributed by atoms with Crippen molar-refractivity contribution in [3.63, 3.8) is 0 Å². The number of hydrogen-bond donors (Lipinski definition) is 1. The van der Waals surface area contributed by atoms with E-state index in [4.69, 9.17) is 9.47 Å². The predicted octanol–water partition coefficient (Wildman–Crippen LogP) is 3.73. The van der Waals surface area contributed by atoms with E-state index in [1.165, 1.54) is 17.1 Å². The summed E-state index contributed by atoms with van der Waals surface area (Å²) < 4.78 is 13.6. The van der Waals surface area contributed by atoms with Gasteiger partial charge in [-0.3, -0.25) is 9.17 Å². The smallest absolute Gasteiger partial charge is 0.258 e. The molecule has 0 fully saturated rings. The first-order chi connectivity index (χ1) is 11.2. The molecular formula is C18H17NO3S. The van der Waals surface area contributed by atoms with Crippen LogP contribution in [0.15, 0.2) is 59.4 Å². The molecule has 0 aliphatic heterocycles. The molecule has 0 aliphatic carbocycles. The first kappa shape index (κ1) is 15.4. The van der Waals surface area contributed by atoms with Gasteiger partial charge in [-0.05, 0) is 47.5 Å². The number of ether oxygens (including phenoxy) is 2. The van der Waals surface area contributed by atoms with Gasteiger partial charge in [-0.2, -0.15) is 0 Å². The highest BCUT2D eigenvalue weighted by Crippen LogP contribution is 2.23. The van der Waals surface area contributed by atoms with E-state index in [9.17, 15) is 4.79 Å². The van der Waals surface area contributed by atoms with Gasteiger partial charge in [-0.25, -0.2) is 0 Å². The fourth-order valence-corrected chi connectivity index (χ4v) is 2.91.